The standard InChI is InChI=1S/C15H19N5O2/c1-19-6-2-3-13(19)15(22)18-12-8-20(7-11(12)9-21)14-4-5-16-10-17-14/h2-6,10-12,21H,7-9H2,1H3,(H,18,22)/t11-,12+/m0/s1. The van der Waals surface area contributed by atoms with Gasteiger partial charge in [0.05, 0.1) is 6.04 Å². The molecule has 2 atom stereocenters. The van der Waals surface area contributed by atoms with Crippen LogP contribution in [-0.4, -0.2) is 51.3 Å². The number of rotatable bonds is 4. The average molecular weight is 301 g/mol. The van der Waals surface area contributed by atoms with Crippen LogP contribution >= 0.6 is 0 Å². The van der Waals surface area contributed by atoms with Crippen LogP contribution in [0.15, 0.2) is 36.9 Å². The quantitative estimate of drug-likeness (QED) is 0.833. The van der Waals surface area contributed by atoms with E-state index in [1.54, 1.807) is 16.8 Å². The highest BCUT2D eigenvalue weighted by Crippen LogP contribution is 2.22. The third-order valence-corrected chi connectivity index (χ3v) is 4.06. The van der Waals surface area contributed by atoms with Crippen molar-refractivity contribution in [2.24, 2.45) is 13.0 Å². The zero-order valence-electron chi connectivity index (χ0n) is 12.4. The molecule has 1 aliphatic rings. The van der Waals surface area contributed by atoms with Crippen molar-refractivity contribution in [1.82, 2.24) is 19.9 Å². The lowest BCUT2D eigenvalue weighted by Gasteiger charge is -2.18. The first-order chi connectivity index (χ1) is 10.7. The Hall–Kier alpha value is -2.41. The number of anilines is 1. The molecule has 1 aliphatic heterocycles. The Bertz CT molecular complexity index is 642. The van der Waals surface area contributed by atoms with Gasteiger partial charge in [-0.15, -0.1) is 0 Å². The molecule has 3 heterocycles. The number of aliphatic hydroxyl groups excluding tert-OH is 1. The Morgan fingerprint density at radius 2 is 2.32 bits per heavy atom. The summed E-state index contributed by atoms with van der Waals surface area (Å²) in [6.45, 7) is 1.31. The number of nitrogens with one attached hydrogen (secondary N) is 1. The van der Waals surface area contributed by atoms with Crippen LogP contribution in [0.4, 0.5) is 5.82 Å². The molecule has 1 fully saturated rings. The minimum Gasteiger partial charge on any atom is -0.396 e. The molecule has 0 saturated carbocycles. The van der Waals surface area contributed by atoms with Crippen molar-refractivity contribution in [3.05, 3.63) is 42.6 Å². The van der Waals surface area contributed by atoms with Crippen LogP contribution in [0.5, 0.6) is 0 Å². The Morgan fingerprint density at radius 1 is 1.45 bits per heavy atom. The second kappa shape index (κ2) is 6.15. The summed E-state index contributed by atoms with van der Waals surface area (Å²) in [7, 11) is 1.83. The van der Waals surface area contributed by atoms with Crippen molar-refractivity contribution in [2.75, 3.05) is 24.6 Å². The van der Waals surface area contributed by atoms with E-state index in [0.717, 1.165) is 5.82 Å². The lowest BCUT2D eigenvalue weighted by atomic mass is 10.1. The molecule has 0 radical (unpaired) electrons. The predicted molar refractivity (Wildman–Crippen MR) is 81.5 cm³/mol. The molecule has 0 aromatic carbocycles. The van der Waals surface area contributed by atoms with Gasteiger partial charge in [-0.25, -0.2) is 9.97 Å². The first-order valence-corrected chi connectivity index (χ1v) is 7.23. The Balaban J connectivity index is 1.71. The molecule has 3 rings (SSSR count). The molecule has 0 spiro atoms. The summed E-state index contributed by atoms with van der Waals surface area (Å²) in [4.78, 5) is 22.5. The van der Waals surface area contributed by atoms with Gasteiger partial charge in [0, 0.05) is 45.1 Å². The molecule has 0 bridgehead atoms. The second-order valence-corrected chi connectivity index (χ2v) is 5.50. The van der Waals surface area contributed by atoms with E-state index in [0.29, 0.717) is 18.8 Å². The molecule has 2 aromatic rings. The van der Waals surface area contributed by atoms with Gasteiger partial charge in [0.25, 0.3) is 5.91 Å². The highest BCUT2D eigenvalue weighted by atomic mass is 16.3. The molecule has 1 saturated heterocycles. The van der Waals surface area contributed by atoms with Gasteiger partial charge >= 0.3 is 0 Å². The first kappa shape index (κ1) is 14.5. The average Bonchev–Trinajstić information content (AvgIpc) is 3.14. The van der Waals surface area contributed by atoms with E-state index in [9.17, 15) is 9.90 Å². The fourth-order valence-corrected chi connectivity index (χ4v) is 2.82. The van der Waals surface area contributed by atoms with Crippen molar-refractivity contribution >= 4 is 11.7 Å². The Morgan fingerprint density at radius 3 is 2.95 bits per heavy atom. The maximum Gasteiger partial charge on any atom is 0.268 e. The second-order valence-electron chi connectivity index (χ2n) is 5.50. The van der Waals surface area contributed by atoms with Crippen LogP contribution in [0.25, 0.3) is 0 Å². The van der Waals surface area contributed by atoms with Crippen molar-refractivity contribution < 1.29 is 9.90 Å². The smallest absolute Gasteiger partial charge is 0.268 e. The minimum absolute atomic E-state index is 0.0146. The van der Waals surface area contributed by atoms with Gasteiger partial charge in [0.1, 0.15) is 17.8 Å². The third kappa shape index (κ3) is 2.80. The fourth-order valence-electron chi connectivity index (χ4n) is 2.82. The zero-order chi connectivity index (χ0) is 15.5. The lowest BCUT2D eigenvalue weighted by molar-refractivity contribution is 0.0913. The monoisotopic (exact) mass is 301 g/mol. The van der Waals surface area contributed by atoms with Gasteiger partial charge in [-0.1, -0.05) is 0 Å². The normalized spacial score (nSPS) is 21.1. The van der Waals surface area contributed by atoms with Crippen LogP contribution < -0.4 is 10.2 Å². The number of carbonyl (C=O) groups excluding carboxylic acids is 1. The van der Waals surface area contributed by atoms with E-state index in [-0.39, 0.29) is 24.5 Å². The van der Waals surface area contributed by atoms with E-state index in [2.05, 4.69) is 20.2 Å². The zero-order valence-corrected chi connectivity index (χ0v) is 12.4. The summed E-state index contributed by atoms with van der Waals surface area (Å²) in [6.07, 6.45) is 5.02. The van der Waals surface area contributed by atoms with Crippen molar-refractivity contribution in [1.29, 1.82) is 0 Å². The largest absolute Gasteiger partial charge is 0.396 e. The summed E-state index contributed by atoms with van der Waals surface area (Å²) >= 11 is 0. The van der Waals surface area contributed by atoms with Gasteiger partial charge in [0.2, 0.25) is 0 Å². The van der Waals surface area contributed by atoms with Crippen molar-refractivity contribution in [3.63, 3.8) is 0 Å². The molecular weight excluding hydrogens is 282 g/mol. The molecule has 2 N–H and O–H groups in total. The molecule has 116 valence electrons. The summed E-state index contributed by atoms with van der Waals surface area (Å²) < 4.78 is 1.78. The van der Waals surface area contributed by atoms with Gasteiger partial charge in [-0.3, -0.25) is 4.79 Å². The predicted octanol–water partition coefficient (Wildman–Crippen LogP) is 0.0422. The number of aliphatic hydroxyl groups is 1. The fraction of sp³-hybridized carbons (Fsp3) is 0.400. The highest BCUT2D eigenvalue weighted by Gasteiger charge is 2.34. The van der Waals surface area contributed by atoms with Crippen molar-refractivity contribution in [3.8, 4) is 0 Å². The summed E-state index contributed by atoms with van der Waals surface area (Å²) in [5.74, 6) is 0.670. The Kier molecular flexibility index (Phi) is 4.06. The molecule has 2 aromatic heterocycles. The topological polar surface area (TPSA) is 83.3 Å². The number of carbonyl (C=O) groups is 1. The van der Waals surface area contributed by atoms with E-state index in [1.807, 2.05) is 25.4 Å². The number of amides is 1. The van der Waals surface area contributed by atoms with E-state index in [1.165, 1.54) is 6.33 Å². The third-order valence-electron chi connectivity index (χ3n) is 4.06. The molecule has 7 nitrogen and oxygen atoms in total. The van der Waals surface area contributed by atoms with Crippen LogP contribution in [0.3, 0.4) is 0 Å². The number of hydrogen-bond acceptors (Lipinski definition) is 5. The molecule has 0 aliphatic carbocycles. The minimum atomic E-state index is -0.125. The summed E-state index contributed by atoms with van der Waals surface area (Å²) in [6, 6.07) is 5.33. The van der Waals surface area contributed by atoms with Gasteiger partial charge < -0.3 is 19.9 Å². The maximum atomic E-state index is 12.3. The van der Waals surface area contributed by atoms with Gasteiger partial charge in [-0.05, 0) is 18.2 Å². The van der Waals surface area contributed by atoms with Crippen LogP contribution in [0.1, 0.15) is 10.5 Å². The number of hydrogen-bond donors (Lipinski definition) is 2. The molecule has 7 heteroatoms. The first-order valence-electron chi connectivity index (χ1n) is 7.23. The van der Waals surface area contributed by atoms with E-state index < -0.39 is 0 Å². The molecule has 22 heavy (non-hydrogen) atoms. The van der Waals surface area contributed by atoms with E-state index >= 15 is 0 Å². The maximum absolute atomic E-state index is 12.3. The number of aryl methyl sites for hydroxylation is 1. The summed E-state index contributed by atoms with van der Waals surface area (Å²) in [5.41, 5.74) is 0.608. The molecule has 0 unspecified atom stereocenters. The van der Waals surface area contributed by atoms with Crippen LogP contribution in [0.2, 0.25) is 0 Å². The molecule has 1 amide bonds. The summed E-state index contributed by atoms with van der Waals surface area (Å²) in [5, 5.41) is 12.6. The number of nitrogens with zero attached hydrogens (tertiary/aromatic N) is 4. The van der Waals surface area contributed by atoms with Crippen molar-refractivity contribution in [2.45, 2.75) is 6.04 Å². The number of aromatic nitrogens is 3. The van der Waals surface area contributed by atoms with E-state index in [4.69, 9.17) is 0 Å². The van der Waals surface area contributed by atoms with Gasteiger partial charge in [-0.2, -0.15) is 0 Å². The SMILES string of the molecule is Cn1cccc1C(=O)N[C@@H]1CN(c2ccncn2)C[C@H]1CO. The van der Waals surface area contributed by atoms with Gasteiger partial charge in [0.15, 0.2) is 0 Å². The Labute approximate surface area is 128 Å². The van der Waals surface area contributed by atoms with Crippen LogP contribution in [-0.2, 0) is 7.05 Å². The molecular formula is C15H19N5O2. The van der Waals surface area contributed by atoms with Crippen LogP contribution in [0, 0.1) is 5.92 Å². The lowest BCUT2D eigenvalue weighted by Crippen LogP contribution is -2.42. The highest BCUT2D eigenvalue weighted by molar-refractivity contribution is 5.93.